The van der Waals surface area contributed by atoms with Gasteiger partial charge in [-0.25, -0.2) is 4.39 Å². The van der Waals surface area contributed by atoms with Crippen molar-refractivity contribution in [1.29, 1.82) is 0 Å². The lowest BCUT2D eigenvalue weighted by molar-refractivity contribution is 0.433. The van der Waals surface area contributed by atoms with Crippen molar-refractivity contribution in [2.75, 3.05) is 0 Å². The SMILES string of the molecule is C=C(C(C)C)C(CC(C)(C)N)c1ccc(F)cc1. The van der Waals surface area contributed by atoms with Gasteiger partial charge in [-0.15, -0.1) is 0 Å². The zero-order chi connectivity index (χ0) is 13.9. The summed E-state index contributed by atoms with van der Waals surface area (Å²) in [5.74, 6) is 0.368. The predicted octanol–water partition coefficient (Wildman–Crippen LogP) is 4.25. The molecule has 0 saturated carbocycles. The maximum atomic E-state index is 13.0. The first-order chi connectivity index (χ1) is 8.20. The topological polar surface area (TPSA) is 26.0 Å². The first-order valence-corrected chi connectivity index (χ1v) is 6.44. The van der Waals surface area contributed by atoms with E-state index in [0.717, 1.165) is 17.6 Å². The van der Waals surface area contributed by atoms with Crippen molar-refractivity contribution in [3.05, 3.63) is 47.8 Å². The Morgan fingerprint density at radius 1 is 1.28 bits per heavy atom. The number of nitrogens with two attached hydrogens (primary N) is 1. The summed E-state index contributed by atoms with van der Waals surface area (Å²) >= 11 is 0. The molecule has 0 spiro atoms. The van der Waals surface area contributed by atoms with Crippen LogP contribution in [-0.4, -0.2) is 5.54 Å². The molecule has 0 amide bonds. The third-order valence-electron chi connectivity index (χ3n) is 3.19. The summed E-state index contributed by atoms with van der Waals surface area (Å²) in [6, 6.07) is 6.66. The van der Waals surface area contributed by atoms with Gasteiger partial charge in [0.25, 0.3) is 0 Å². The van der Waals surface area contributed by atoms with E-state index in [0.29, 0.717) is 5.92 Å². The second-order valence-electron chi connectivity index (χ2n) is 6.03. The van der Waals surface area contributed by atoms with Crippen molar-refractivity contribution in [2.45, 2.75) is 45.6 Å². The minimum Gasteiger partial charge on any atom is -0.326 e. The van der Waals surface area contributed by atoms with Gasteiger partial charge in [0.05, 0.1) is 0 Å². The van der Waals surface area contributed by atoms with Crippen LogP contribution in [0.25, 0.3) is 0 Å². The number of hydrogen-bond acceptors (Lipinski definition) is 1. The van der Waals surface area contributed by atoms with E-state index < -0.39 is 0 Å². The average molecular weight is 249 g/mol. The van der Waals surface area contributed by atoms with Crippen LogP contribution in [0.1, 0.15) is 45.6 Å². The van der Waals surface area contributed by atoms with E-state index in [9.17, 15) is 4.39 Å². The first-order valence-electron chi connectivity index (χ1n) is 6.44. The summed E-state index contributed by atoms with van der Waals surface area (Å²) in [7, 11) is 0. The van der Waals surface area contributed by atoms with Crippen molar-refractivity contribution in [2.24, 2.45) is 11.7 Å². The molecule has 100 valence electrons. The number of halogens is 1. The van der Waals surface area contributed by atoms with Crippen LogP contribution in [0.2, 0.25) is 0 Å². The number of benzene rings is 1. The van der Waals surface area contributed by atoms with Crippen molar-refractivity contribution in [3.8, 4) is 0 Å². The minimum atomic E-state index is -0.267. The van der Waals surface area contributed by atoms with Gasteiger partial charge in [0, 0.05) is 11.5 Å². The van der Waals surface area contributed by atoms with Gasteiger partial charge in [0.2, 0.25) is 0 Å². The molecule has 1 aromatic rings. The highest BCUT2D eigenvalue weighted by atomic mass is 19.1. The Kier molecular flexibility index (Phi) is 4.69. The normalized spacial score (nSPS) is 13.7. The largest absolute Gasteiger partial charge is 0.326 e. The minimum absolute atomic E-state index is 0.186. The Labute approximate surface area is 110 Å². The quantitative estimate of drug-likeness (QED) is 0.776. The lowest BCUT2D eigenvalue weighted by atomic mass is 9.78. The van der Waals surface area contributed by atoms with Crippen molar-refractivity contribution in [1.82, 2.24) is 0 Å². The van der Waals surface area contributed by atoms with Gasteiger partial charge >= 0.3 is 0 Å². The molecular formula is C16H24FN. The fourth-order valence-corrected chi connectivity index (χ4v) is 2.09. The highest BCUT2D eigenvalue weighted by molar-refractivity contribution is 5.29. The van der Waals surface area contributed by atoms with Gasteiger partial charge in [0.15, 0.2) is 0 Å². The molecule has 0 saturated heterocycles. The molecule has 0 aliphatic rings. The molecule has 0 aliphatic carbocycles. The Balaban J connectivity index is 3.04. The van der Waals surface area contributed by atoms with Crippen LogP contribution in [0.3, 0.4) is 0 Å². The van der Waals surface area contributed by atoms with E-state index in [4.69, 9.17) is 5.73 Å². The second kappa shape index (κ2) is 5.66. The van der Waals surface area contributed by atoms with E-state index in [1.165, 1.54) is 12.1 Å². The van der Waals surface area contributed by atoms with Crippen LogP contribution in [0.4, 0.5) is 4.39 Å². The molecule has 1 nitrogen and oxygen atoms in total. The van der Waals surface area contributed by atoms with E-state index >= 15 is 0 Å². The van der Waals surface area contributed by atoms with E-state index in [-0.39, 0.29) is 17.3 Å². The highest BCUT2D eigenvalue weighted by Gasteiger charge is 2.24. The lowest BCUT2D eigenvalue weighted by Gasteiger charge is -2.29. The molecule has 0 aliphatic heterocycles. The zero-order valence-electron chi connectivity index (χ0n) is 11.8. The van der Waals surface area contributed by atoms with E-state index in [2.05, 4.69) is 20.4 Å². The number of rotatable bonds is 5. The molecule has 0 radical (unpaired) electrons. The second-order valence-corrected chi connectivity index (χ2v) is 6.03. The third-order valence-corrected chi connectivity index (χ3v) is 3.19. The van der Waals surface area contributed by atoms with Gasteiger partial charge in [-0.2, -0.15) is 0 Å². The summed E-state index contributed by atoms with van der Waals surface area (Å²) in [5.41, 5.74) is 8.10. The third kappa shape index (κ3) is 4.26. The van der Waals surface area contributed by atoms with Crippen LogP contribution in [0.5, 0.6) is 0 Å². The number of hydrogen-bond donors (Lipinski definition) is 1. The van der Waals surface area contributed by atoms with Crippen LogP contribution in [0.15, 0.2) is 36.4 Å². The van der Waals surface area contributed by atoms with E-state index in [1.54, 1.807) is 0 Å². The summed E-state index contributed by atoms with van der Waals surface area (Å²) in [4.78, 5) is 0. The maximum Gasteiger partial charge on any atom is 0.123 e. The van der Waals surface area contributed by atoms with Gasteiger partial charge in [-0.1, -0.05) is 38.1 Å². The molecule has 2 N–H and O–H groups in total. The Hall–Kier alpha value is -1.15. The molecule has 1 rings (SSSR count). The van der Waals surface area contributed by atoms with Gasteiger partial charge in [0.1, 0.15) is 5.82 Å². The summed E-state index contributed by atoms with van der Waals surface area (Å²) in [6.07, 6.45) is 0.815. The van der Waals surface area contributed by atoms with Crippen molar-refractivity contribution >= 4 is 0 Å². The fourth-order valence-electron chi connectivity index (χ4n) is 2.09. The van der Waals surface area contributed by atoms with E-state index in [1.807, 2.05) is 26.0 Å². The predicted molar refractivity (Wildman–Crippen MR) is 76.0 cm³/mol. The van der Waals surface area contributed by atoms with Gasteiger partial charge in [-0.05, 0) is 43.9 Å². The molecule has 0 aromatic heterocycles. The van der Waals surface area contributed by atoms with Crippen LogP contribution < -0.4 is 5.73 Å². The Morgan fingerprint density at radius 2 is 1.78 bits per heavy atom. The molecule has 1 unspecified atom stereocenters. The highest BCUT2D eigenvalue weighted by Crippen LogP contribution is 2.34. The fraction of sp³-hybridized carbons (Fsp3) is 0.500. The first kappa shape index (κ1) is 14.9. The standard InChI is InChI=1S/C16H24FN/c1-11(2)12(3)15(10-16(4,5)18)13-6-8-14(17)9-7-13/h6-9,11,15H,3,10,18H2,1-2,4-5H3. The molecular weight excluding hydrogens is 225 g/mol. The lowest BCUT2D eigenvalue weighted by Crippen LogP contribution is -2.34. The van der Waals surface area contributed by atoms with Crippen LogP contribution in [-0.2, 0) is 0 Å². The zero-order valence-corrected chi connectivity index (χ0v) is 11.8. The molecule has 0 bridgehead atoms. The Morgan fingerprint density at radius 3 is 2.17 bits per heavy atom. The van der Waals surface area contributed by atoms with Gasteiger partial charge < -0.3 is 5.73 Å². The average Bonchev–Trinajstić information content (AvgIpc) is 2.25. The summed E-state index contributed by atoms with van der Waals surface area (Å²) < 4.78 is 13.0. The molecule has 1 aromatic carbocycles. The van der Waals surface area contributed by atoms with Crippen LogP contribution in [0, 0.1) is 11.7 Å². The van der Waals surface area contributed by atoms with Crippen molar-refractivity contribution in [3.63, 3.8) is 0 Å². The Bertz CT molecular complexity index is 398. The molecule has 0 heterocycles. The number of allylic oxidation sites excluding steroid dienone is 1. The summed E-state index contributed by atoms with van der Waals surface area (Å²) in [6.45, 7) is 12.5. The van der Waals surface area contributed by atoms with Gasteiger partial charge in [-0.3, -0.25) is 0 Å². The molecule has 18 heavy (non-hydrogen) atoms. The van der Waals surface area contributed by atoms with Crippen molar-refractivity contribution < 1.29 is 4.39 Å². The molecule has 1 atom stereocenters. The van der Waals surface area contributed by atoms with Crippen LogP contribution >= 0.6 is 0 Å². The maximum absolute atomic E-state index is 13.0. The summed E-state index contributed by atoms with van der Waals surface area (Å²) in [5, 5.41) is 0. The molecule has 2 heteroatoms. The molecule has 0 fully saturated rings. The smallest absolute Gasteiger partial charge is 0.123 e. The monoisotopic (exact) mass is 249 g/mol.